The predicted molar refractivity (Wildman–Crippen MR) is 129 cm³/mol. The summed E-state index contributed by atoms with van der Waals surface area (Å²) in [6, 6.07) is 12.1. The summed E-state index contributed by atoms with van der Waals surface area (Å²) in [5, 5.41) is 2.72. The lowest BCUT2D eigenvalue weighted by atomic mass is 9.77. The van der Waals surface area contributed by atoms with Crippen molar-refractivity contribution in [1.29, 1.82) is 0 Å². The Balaban J connectivity index is 1.71. The highest BCUT2D eigenvalue weighted by atomic mass is 35.5. The molecule has 1 aliphatic carbocycles. The number of amides is 1. The summed E-state index contributed by atoms with van der Waals surface area (Å²) >= 11 is 6.09. The van der Waals surface area contributed by atoms with Gasteiger partial charge < -0.3 is 10.1 Å². The van der Waals surface area contributed by atoms with Crippen LogP contribution in [0.4, 0.5) is 5.69 Å². The first-order valence-electron chi connectivity index (χ1n) is 10.9. The number of sulfone groups is 1. The molecule has 1 fully saturated rings. The molecule has 3 rings (SSSR count). The molecule has 2 aromatic carbocycles. The number of hydrogen-bond donors (Lipinski definition) is 1. The molecule has 0 bridgehead atoms. The van der Waals surface area contributed by atoms with Crippen LogP contribution in [0.15, 0.2) is 47.4 Å². The largest absolute Gasteiger partial charge is 0.455 e. The van der Waals surface area contributed by atoms with E-state index in [1.807, 2.05) is 24.3 Å². The standard InChI is InChI=1S/C25H30ClNO5S/c1-24(2,3)17-7-9-18(10-8-17)25(13-5-6-14-25)23(29)32-16-22(28)27-21-15-19(33(4,30)31)11-12-20(21)26/h7-12,15H,5-6,13-14,16H2,1-4H3,(H,27,28). The van der Waals surface area contributed by atoms with Crippen molar-refractivity contribution in [2.24, 2.45) is 0 Å². The lowest BCUT2D eigenvalue weighted by Crippen LogP contribution is -2.36. The summed E-state index contributed by atoms with van der Waals surface area (Å²) in [6.07, 6.45) is 4.24. The third-order valence-electron chi connectivity index (χ3n) is 6.13. The number of nitrogens with one attached hydrogen (secondary N) is 1. The number of hydrogen-bond acceptors (Lipinski definition) is 5. The Hall–Kier alpha value is -2.38. The maximum Gasteiger partial charge on any atom is 0.317 e. The highest BCUT2D eigenvalue weighted by Gasteiger charge is 2.44. The number of esters is 1. The van der Waals surface area contributed by atoms with Gasteiger partial charge in [-0.05, 0) is 47.6 Å². The highest BCUT2D eigenvalue weighted by Crippen LogP contribution is 2.42. The van der Waals surface area contributed by atoms with Crippen molar-refractivity contribution >= 4 is 39.0 Å². The monoisotopic (exact) mass is 491 g/mol. The average Bonchev–Trinajstić information content (AvgIpc) is 3.23. The normalized spacial score (nSPS) is 15.8. The van der Waals surface area contributed by atoms with E-state index in [4.69, 9.17) is 16.3 Å². The van der Waals surface area contributed by atoms with Crippen LogP contribution in [-0.2, 0) is 35.0 Å². The van der Waals surface area contributed by atoms with Gasteiger partial charge >= 0.3 is 5.97 Å². The molecule has 0 radical (unpaired) electrons. The number of benzene rings is 2. The predicted octanol–water partition coefficient (Wildman–Crippen LogP) is 5.03. The zero-order chi connectivity index (χ0) is 24.4. The highest BCUT2D eigenvalue weighted by molar-refractivity contribution is 7.90. The Labute approximate surface area is 200 Å². The van der Waals surface area contributed by atoms with Crippen LogP contribution in [0.25, 0.3) is 0 Å². The van der Waals surface area contributed by atoms with Crippen molar-refractivity contribution in [1.82, 2.24) is 0 Å². The zero-order valence-electron chi connectivity index (χ0n) is 19.4. The molecular formula is C25H30ClNO5S. The van der Waals surface area contributed by atoms with Crippen molar-refractivity contribution in [2.45, 2.75) is 62.2 Å². The zero-order valence-corrected chi connectivity index (χ0v) is 21.0. The van der Waals surface area contributed by atoms with Gasteiger partial charge in [0.25, 0.3) is 5.91 Å². The van der Waals surface area contributed by atoms with Gasteiger partial charge in [0.15, 0.2) is 16.4 Å². The molecule has 6 nitrogen and oxygen atoms in total. The molecule has 0 heterocycles. The van der Waals surface area contributed by atoms with Crippen molar-refractivity contribution in [3.05, 3.63) is 58.6 Å². The van der Waals surface area contributed by atoms with Crippen LogP contribution < -0.4 is 5.32 Å². The van der Waals surface area contributed by atoms with E-state index in [0.29, 0.717) is 12.8 Å². The molecule has 0 saturated heterocycles. The number of rotatable bonds is 6. The maximum absolute atomic E-state index is 13.2. The van der Waals surface area contributed by atoms with Gasteiger partial charge in [-0.15, -0.1) is 0 Å². The Bertz CT molecular complexity index is 1140. The molecule has 178 valence electrons. The molecule has 1 aliphatic rings. The molecule has 1 N–H and O–H groups in total. The first kappa shape index (κ1) is 25.2. The van der Waals surface area contributed by atoms with Gasteiger partial charge in [-0.3, -0.25) is 9.59 Å². The third kappa shape index (κ3) is 5.76. The number of anilines is 1. The van der Waals surface area contributed by atoms with E-state index in [2.05, 4.69) is 26.1 Å². The van der Waals surface area contributed by atoms with Crippen molar-refractivity contribution in [2.75, 3.05) is 18.2 Å². The maximum atomic E-state index is 13.2. The molecule has 2 aromatic rings. The van der Waals surface area contributed by atoms with Gasteiger partial charge in [0.1, 0.15) is 0 Å². The smallest absolute Gasteiger partial charge is 0.317 e. The fraction of sp³-hybridized carbons (Fsp3) is 0.440. The first-order chi connectivity index (χ1) is 15.3. The summed E-state index contributed by atoms with van der Waals surface area (Å²) < 4.78 is 29.0. The number of ether oxygens (including phenoxy) is 1. The van der Waals surface area contributed by atoms with Crippen LogP contribution in [0.5, 0.6) is 0 Å². The first-order valence-corrected chi connectivity index (χ1v) is 13.2. The summed E-state index contributed by atoms with van der Waals surface area (Å²) in [5.74, 6) is -1.01. The third-order valence-corrected chi connectivity index (χ3v) is 7.57. The van der Waals surface area contributed by atoms with E-state index in [1.54, 1.807) is 0 Å². The van der Waals surface area contributed by atoms with Gasteiger partial charge in [0.05, 0.1) is 21.0 Å². The van der Waals surface area contributed by atoms with Crippen LogP contribution in [0.2, 0.25) is 5.02 Å². The number of carbonyl (C=O) groups excluding carboxylic acids is 2. The fourth-order valence-electron chi connectivity index (χ4n) is 4.16. The molecule has 0 unspecified atom stereocenters. The second-order valence-electron chi connectivity index (χ2n) is 9.65. The quantitative estimate of drug-likeness (QED) is 0.572. The van der Waals surface area contributed by atoms with Crippen LogP contribution >= 0.6 is 11.6 Å². The lowest BCUT2D eigenvalue weighted by Gasteiger charge is -2.28. The molecule has 8 heteroatoms. The Morgan fingerprint density at radius 1 is 1.06 bits per heavy atom. The van der Waals surface area contributed by atoms with E-state index < -0.39 is 33.7 Å². The molecular weight excluding hydrogens is 462 g/mol. The van der Waals surface area contributed by atoms with Crippen LogP contribution in [0.3, 0.4) is 0 Å². The SMILES string of the molecule is CC(C)(C)c1ccc(C2(C(=O)OCC(=O)Nc3cc(S(C)(=O)=O)ccc3Cl)CCCC2)cc1. The molecule has 0 spiro atoms. The molecule has 0 aliphatic heterocycles. The van der Waals surface area contributed by atoms with Gasteiger partial charge in [0.2, 0.25) is 0 Å². The van der Waals surface area contributed by atoms with Crippen molar-refractivity contribution in [3.8, 4) is 0 Å². The van der Waals surface area contributed by atoms with Gasteiger partial charge in [-0.1, -0.05) is 69.5 Å². The minimum atomic E-state index is -3.46. The molecule has 33 heavy (non-hydrogen) atoms. The Morgan fingerprint density at radius 2 is 1.67 bits per heavy atom. The average molecular weight is 492 g/mol. The molecule has 0 aromatic heterocycles. The van der Waals surface area contributed by atoms with E-state index in [1.165, 1.54) is 23.8 Å². The summed E-state index contributed by atoms with van der Waals surface area (Å²) in [7, 11) is -3.46. The van der Waals surface area contributed by atoms with E-state index in [-0.39, 0.29) is 21.0 Å². The van der Waals surface area contributed by atoms with Crippen molar-refractivity contribution in [3.63, 3.8) is 0 Å². The second-order valence-corrected chi connectivity index (χ2v) is 12.1. The lowest BCUT2D eigenvalue weighted by molar-refractivity contribution is -0.153. The molecule has 1 saturated carbocycles. The summed E-state index contributed by atoms with van der Waals surface area (Å²) in [6.45, 7) is 5.92. The van der Waals surface area contributed by atoms with Gasteiger partial charge in [-0.2, -0.15) is 0 Å². The topological polar surface area (TPSA) is 89.5 Å². The van der Waals surface area contributed by atoms with Crippen LogP contribution in [0, 0.1) is 0 Å². The molecule has 1 amide bonds. The Kier molecular flexibility index (Phi) is 7.24. The minimum Gasteiger partial charge on any atom is -0.455 e. The van der Waals surface area contributed by atoms with E-state index in [9.17, 15) is 18.0 Å². The van der Waals surface area contributed by atoms with E-state index in [0.717, 1.165) is 24.7 Å². The number of carbonyl (C=O) groups is 2. The summed E-state index contributed by atoms with van der Waals surface area (Å²) in [5.41, 5.74) is 1.48. The minimum absolute atomic E-state index is 0.00958. The van der Waals surface area contributed by atoms with Gasteiger partial charge in [-0.25, -0.2) is 8.42 Å². The van der Waals surface area contributed by atoms with Crippen molar-refractivity contribution < 1.29 is 22.7 Å². The summed E-state index contributed by atoms with van der Waals surface area (Å²) in [4.78, 5) is 25.6. The Morgan fingerprint density at radius 3 is 2.21 bits per heavy atom. The number of halogens is 1. The molecule has 0 atom stereocenters. The van der Waals surface area contributed by atoms with Gasteiger partial charge in [0, 0.05) is 6.26 Å². The van der Waals surface area contributed by atoms with Crippen LogP contribution in [0.1, 0.15) is 57.6 Å². The second kappa shape index (κ2) is 9.47. The van der Waals surface area contributed by atoms with Crippen LogP contribution in [-0.4, -0.2) is 33.2 Å². The van der Waals surface area contributed by atoms with E-state index >= 15 is 0 Å². The fourth-order valence-corrected chi connectivity index (χ4v) is 4.98.